The molecule has 0 radical (unpaired) electrons. The normalized spacial score (nSPS) is 11.6. The predicted octanol–water partition coefficient (Wildman–Crippen LogP) is 4.44. The highest BCUT2D eigenvalue weighted by atomic mass is 32.2. The van der Waals surface area contributed by atoms with Gasteiger partial charge < -0.3 is 10.1 Å². The van der Waals surface area contributed by atoms with Gasteiger partial charge in [0.15, 0.2) is 5.88 Å². The van der Waals surface area contributed by atoms with Crippen LogP contribution in [0, 0.1) is 0 Å². The molecule has 0 aliphatic heterocycles. The molecule has 3 N–H and O–H groups in total. The number of carbonyl (C=O) groups is 1. The molecule has 0 atom stereocenters. The number of H-pyrrole nitrogens is 1. The van der Waals surface area contributed by atoms with E-state index in [0.29, 0.717) is 22.9 Å². The number of carbonyl (C=O) groups excluding carboxylic acids is 1. The van der Waals surface area contributed by atoms with Gasteiger partial charge in [0.05, 0.1) is 11.3 Å². The number of aldehydes is 1. The molecule has 25 heavy (non-hydrogen) atoms. The van der Waals surface area contributed by atoms with Crippen LogP contribution in [-0.4, -0.2) is 28.6 Å². The zero-order valence-electron chi connectivity index (χ0n) is 14.0. The van der Waals surface area contributed by atoms with Crippen LogP contribution in [0.15, 0.2) is 52.4 Å². The monoisotopic (exact) mass is 353 g/mol. The van der Waals surface area contributed by atoms with E-state index in [-0.39, 0.29) is 5.88 Å². The van der Waals surface area contributed by atoms with Crippen LogP contribution in [0.4, 0.5) is 5.69 Å². The first-order chi connectivity index (χ1) is 12.1. The van der Waals surface area contributed by atoms with E-state index in [1.807, 2.05) is 18.2 Å². The van der Waals surface area contributed by atoms with Crippen LogP contribution >= 0.6 is 11.9 Å². The number of rotatable bonds is 6. The summed E-state index contributed by atoms with van der Waals surface area (Å²) in [7, 11) is 0. The first-order valence-corrected chi connectivity index (χ1v) is 8.75. The van der Waals surface area contributed by atoms with Crippen LogP contribution in [0.1, 0.15) is 29.8 Å². The predicted molar refractivity (Wildman–Crippen MR) is 103 cm³/mol. The van der Waals surface area contributed by atoms with E-state index in [4.69, 9.17) is 0 Å². The van der Waals surface area contributed by atoms with Crippen LogP contribution in [0.2, 0.25) is 0 Å². The van der Waals surface area contributed by atoms with Gasteiger partial charge in [0.2, 0.25) is 0 Å². The van der Waals surface area contributed by atoms with E-state index in [2.05, 4.69) is 28.5 Å². The number of hydrogen-bond donors (Lipinski definition) is 3. The van der Waals surface area contributed by atoms with Crippen molar-refractivity contribution in [2.45, 2.75) is 24.8 Å². The number of nitrogens with one attached hydrogen (secondary N) is 2. The fourth-order valence-corrected chi connectivity index (χ4v) is 3.02. The van der Waals surface area contributed by atoms with Gasteiger partial charge in [0, 0.05) is 33.6 Å². The molecule has 1 heterocycles. The van der Waals surface area contributed by atoms with Crippen molar-refractivity contribution in [3.63, 3.8) is 0 Å². The van der Waals surface area contributed by atoms with Gasteiger partial charge in [-0.05, 0) is 68.3 Å². The highest BCUT2D eigenvalue weighted by molar-refractivity contribution is 7.97. The second-order valence-electron chi connectivity index (χ2n) is 5.94. The molecule has 0 saturated heterocycles. The highest BCUT2D eigenvalue weighted by Gasteiger charge is 2.10. The number of aromatic amines is 1. The van der Waals surface area contributed by atoms with Gasteiger partial charge in [-0.25, -0.2) is 0 Å². The second-order valence-corrected chi connectivity index (χ2v) is 6.85. The topological polar surface area (TPSA) is 77.5 Å². The molecule has 0 aliphatic rings. The average molecular weight is 353 g/mol. The molecule has 0 unspecified atom stereocenters. The fraction of sp³-hybridized carbons (Fsp3) is 0.158. The number of benzene rings is 2. The lowest BCUT2D eigenvalue weighted by Crippen LogP contribution is -2.13. The van der Waals surface area contributed by atoms with Crippen LogP contribution in [-0.2, 0) is 0 Å². The highest BCUT2D eigenvalue weighted by Crippen LogP contribution is 2.29. The maximum Gasteiger partial charge on any atom is 0.198 e. The molecule has 0 saturated carbocycles. The molecular formula is C19H19N3O2S. The molecule has 0 amide bonds. The summed E-state index contributed by atoms with van der Waals surface area (Å²) in [4.78, 5) is 19.1. The SMILES string of the molecule is CC(C)NSc1ccc2[nH]c(O)c(C=Nc3ccc(C=O)cc3)c2c1. The zero-order chi connectivity index (χ0) is 17.8. The zero-order valence-corrected chi connectivity index (χ0v) is 14.8. The largest absolute Gasteiger partial charge is 0.494 e. The lowest BCUT2D eigenvalue weighted by Gasteiger charge is -2.06. The van der Waals surface area contributed by atoms with Crippen LogP contribution in [0.3, 0.4) is 0 Å². The van der Waals surface area contributed by atoms with E-state index in [0.717, 1.165) is 22.1 Å². The summed E-state index contributed by atoms with van der Waals surface area (Å²) < 4.78 is 3.30. The first-order valence-electron chi connectivity index (χ1n) is 7.93. The standard InChI is InChI=1S/C19H19N3O2S/c1-12(2)22-25-15-7-8-18-16(9-15)17(19(24)21-18)10-20-14-5-3-13(11-23)4-6-14/h3-12,21-22,24H,1-2H3. The van der Waals surface area contributed by atoms with Gasteiger partial charge in [0.1, 0.15) is 6.29 Å². The molecular weight excluding hydrogens is 334 g/mol. The molecule has 2 aromatic carbocycles. The molecule has 3 aromatic rings. The Morgan fingerprint density at radius 1 is 1.20 bits per heavy atom. The summed E-state index contributed by atoms with van der Waals surface area (Å²) in [6.07, 6.45) is 2.43. The van der Waals surface area contributed by atoms with Gasteiger partial charge in [-0.3, -0.25) is 14.5 Å². The summed E-state index contributed by atoms with van der Waals surface area (Å²) in [6, 6.07) is 13.3. The minimum Gasteiger partial charge on any atom is -0.494 e. The summed E-state index contributed by atoms with van der Waals surface area (Å²) >= 11 is 1.56. The number of hydrogen-bond acceptors (Lipinski definition) is 5. The smallest absolute Gasteiger partial charge is 0.198 e. The Kier molecular flexibility index (Phi) is 5.21. The molecule has 6 heteroatoms. The number of aromatic hydroxyl groups is 1. The van der Waals surface area contributed by atoms with Gasteiger partial charge in [-0.2, -0.15) is 0 Å². The number of aliphatic imine (C=N–C) groups is 1. The number of fused-ring (bicyclic) bond motifs is 1. The number of aromatic nitrogens is 1. The Morgan fingerprint density at radius 2 is 1.96 bits per heavy atom. The molecule has 0 spiro atoms. The van der Waals surface area contributed by atoms with Crippen LogP contribution < -0.4 is 4.72 Å². The lowest BCUT2D eigenvalue weighted by molar-refractivity contribution is 0.112. The van der Waals surface area contributed by atoms with Crippen molar-refractivity contribution >= 4 is 41.0 Å². The van der Waals surface area contributed by atoms with Gasteiger partial charge >= 0.3 is 0 Å². The fourth-order valence-electron chi connectivity index (χ4n) is 2.34. The summed E-state index contributed by atoms with van der Waals surface area (Å²) in [5.74, 6) is 0.0854. The van der Waals surface area contributed by atoms with E-state index < -0.39 is 0 Å². The molecule has 0 bridgehead atoms. The maximum absolute atomic E-state index is 10.7. The maximum atomic E-state index is 10.7. The minimum absolute atomic E-state index is 0.0854. The minimum atomic E-state index is 0.0854. The Balaban J connectivity index is 1.90. The van der Waals surface area contributed by atoms with E-state index in [1.54, 1.807) is 42.4 Å². The van der Waals surface area contributed by atoms with Crippen molar-refractivity contribution in [2.75, 3.05) is 0 Å². The summed E-state index contributed by atoms with van der Waals surface area (Å²) in [5, 5.41) is 11.1. The van der Waals surface area contributed by atoms with Crippen molar-refractivity contribution in [2.24, 2.45) is 4.99 Å². The van der Waals surface area contributed by atoms with Crippen molar-refractivity contribution in [3.05, 3.63) is 53.6 Å². The molecule has 3 rings (SSSR count). The third-order valence-corrected chi connectivity index (χ3v) is 4.65. The number of nitrogens with zero attached hydrogens (tertiary/aromatic N) is 1. The lowest BCUT2D eigenvalue weighted by atomic mass is 10.2. The van der Waals surface area contributed by atoms with Gasteiger partial charge in [-0.1, -0.05) is 0 Å². The summed E-state index contributed by atoms with van der Waals surface area (Å²) in [6.45, 7) is 4.17. The molecule has 128 valence electrons. The third kappa shape index (κ3) is 4.10. The van der Waals surface area contributed by atoms with Gasteiger partial charge in [-0.15, -0.1) is 0 Å². The van der Waals surface area contributed by atoms with Crippen LogP contribution in [0.5, 0.6) is 5.88 Å². The van der Waals surface area contributed by atoms with Crippen molar-refractivity contribution in [1.82, 2.24) is 9.71 Å². The van der Waals surface area contributed by atoms with E-state index in [9.17, 15) is 9.90 Å². The second kappa shape index (κ2) is 7.55. The average Bonchev–Trinajstić information content (AvgIpc) is 2.93. The molecule has 5 nitrogen and oxygen atoms in total. The quantitative estimate of drug-likeness (QED) is 0.348. The molecule has 1 aromatic heterocycles. The van der Waals surface area contributed by atoms with E-state index >= 15 is 0 Å². The molecule has 0 fully saturated rings. The van der Waals surface area contributed by atoms with Crippen molar-refractivity contribution in [3.8, 4) is 5.88 Å². The summed E-state index contributed by atoms with van der Waals surface area (Å²) in [5.41, 5.74) is 2.81. The Morgan fingerprint density at radius 3 is 2.64 bits per heavy atom. The first kappa shape index (κ1) is 17.3. The van der Waals surface area contributed by atoms with Crippen molar-refractivity contribution < 1.29 is 9.90 Å². The van der Waals surface area contributed by atoms with Crippen molar-refractivity contribution in [1.29, 1.82) is 0 Å². The Hall–Kier alpha value is -2.57. The molecule has 0 aliphatic carbocycles. The van der Waals surface area contributed by atoms with Gasteiger partial charge in [0.25, 0.3) is 0 Å². The third-order valence-electron chi connectivity index (χ3n) is 3.57. The Labute approximate surface area is 150 Å². The van der Waals surface area contributed by atoms with E-state index in [1.165, 1.54) is 0 Å². The van der Waals surface area contributed by atoms with Crippen LogP contribution in [0.25, 0.3) is 10.9 Å². The Bertz CT molecular complexity index is 914.